The second-order valence-corrected chi connectivity index (χ2v) is 17.1. The standard InChI is InChI=1S/C40H39N4O6P3/c41-33-19-18-21-34-20-16-17-32-40(34)50-53(49-39-30-14-5-15-31-39)42-51(47-37-26-10-3-11-27-37)43(45-35-22-6-1-7-23-35)52(48-38-28-12-4-13-29-38)44(53)46-36-24-8-2-9-25-36/h1-17,20,22-32H,18-19,21,33,41H2. The van der Waals surface area contributed by atoms with Gasteiger partial charge < -0.3 is 33.5 Å². The Balaban J connectivity index is 1.47. The molecule has 7 rings (SSSR count). The van der Waals surface area contributed by atoms with Crippen LogP contribution in [-0.4, -0.2) is 15.8 Å². The van der Waals surface area contributed by atoms with Gasteiger partial charge in [0.05, 0.1) is 0 Å². The summed E-state index contributed by atoms with van der Waals surface area (Å²) in [7, 11) is -8.03. The van der Waals surface area contributed by atoms with Crippen LogP contribution in [-0.2, 0) is 6.42 Å². The Morgan fingerprint density at radius 3 is 1.58 bits per heavy atom. The van der Waals surface area contributed by atoms with Crippen LogP contribution in [0.25, 0.3) is 0 Å². The van der Waals surface area contributed by atoms with Crippen LogP contribution in [0.3, 0.4) is 0 Å². The molecule has 3 unspecified atom stereocenters. The number of para-hydroxylation sites is 6. The summed E-state index contributed by atoms with van der Waals surface area (Å²) in [6.45, 7) is 0.602. The molecule has 0 saturated carbocycles. The highest BCUT2D eigenvalue weighted by Crippen LogP contribution is 2.77. The Morgan fingerprint density at radius 1 is 0.509 bits per heavy atom. The number of aryl methyl sites for hydroxylation is 1. The number of nitrogens with two attached hydrogens (primary N) is 1. The van der Waals surface area contributed by atoms with Gasteiger partial charge in [-0.2, -0.15) is 0 Å². The topological polar surface area (TPSA) is 100 Å². The molecule has 6 aromatic rings. The fourth-order valence-electron chi connectivity index (χ4n) is 5.11. The van der Waals surface area contributed by atoms with Crippen LogP contribution < -0.4 is 33.5 Å². The molecular formula is C40H39N4O6P3. The van der Waals surface area contributed by atoms with E-state index in [4.69, 9.17) is 38.0 Å². The molecule has 0 amide bonds. The summed E-state index contributed by atoms with van der Waals surface area (Å²) < 4.78 is 36.6. The number of nitrogens with zero attached hydrogens (tertiary/aromatic N) is 3. The van der Waals surface area contributed by atoms with E-state index in [2.05, 4.69) is 6.07 Å². The molecule has 6 aromatic carbocycles. The highest BCUT2D eigenvalue weighted by Gasteiger charge is 2.58. The Bertz CT molecular complexity index is 2060. The van der Waals surface area contributed by atoms with Gasteiger partial charge in [0, 0.05) is 9.21 Å². The van der Waals surface area contributed by atoms with Gasteiger partial charge >= 0.3 is 24.6 Å². The average molecular weight is 765 g/mol. The van der Waals surface area contributed by atoms with Gasteiger partial charge in [0.15, 0.2) is 0 Å². The quantitative estimate of drug-likeness (QED) is 0.0762. The molecule has 1 heterocycles. The van der Waals surface area contributed by atoms with Crippen LogP contribution in [0, 0.1) is 0 Å². The summed E-state index contributed by atoms with van der Waals surface area (Å²) in [6, 6.07) is 55.2. The molecule has 0 spiro atoms. The zero-order chi connectivity index (χ0) is 36.1. The first-order valence-electron chi connectivity index (χ1n) is 17.2. The minimum absolute atomic E-state index is 0.516. The summed E-state index contributed by atoms with van der Waals surface area (Å²) >= 11 is 0. The molecule has 13 heteroatoms. The molecule has 0 radical (unpaired) electrons. The summed E-state index contributed by atoms with van der Waals surface area (Å²) in [5.41, 5.74) is 6.86. The molecular weight excluding hydrogens is 725 g/mol. The zero-order valence-electron chi connectivity index (χ0n) is 28.8. The molecule has 0 bridgehead atoms. The van der Waals surface area contributed by atoms with Crippen molar-refractivity contribution in [2.45, 2.75) is 19.3 Å². The van der Waals surface area contributed by atoms with Gasteiger partial charge in [-0.1, -0.05) is 109 Å². The van der Waals surface area contributed by atoms with Crippen LogP contribution in [0.15, 0.2) is 180 Å². The Labute approximate surface area is 312 Å². The summed E-state index contributed by atoms with van der Waals surface area (Å²) in [6.07, 6.45) is 2.50. The largest absolute Gasteiger partial charge is 0.447 e. The van der Waals surface area contributed by atoms with Gasteiger partial charge in [-0.05, 0) is 98.1 Å². The molecule has 10 nitrogen and oxygen atoms in total. The molecule has 0 saturated heterocycles. The van der Waals surface area contributed by atoms with Gasteiger partial charge in [0.1, 0.15) is 34.5 Å². The predicted molar refractivity (Wildman–Crippen MR) is 211 cm³/mol. The lowest BCUT2D eigenvalue weighted by molar-refractivity contribution is 0.0545. The zero-order valence-corrected chi connectivity index (χ0v) is 31.5. The number of rotatable bonds is 16. The maximum absolute atomic E-state index is 7.21. The fourth-order valence-corrected chi connectivity index (χ4v) is 12.6. The molecule has 2 N–H and O–H groups in total. The summed E-state index contributed by atoms with van der Waals surface area (Å²) in [4.78, 5) is 13.6. The van der Waals surface area contributed by atoms with Gasteiger partial charge in [0.25, 0.3) is 0 Å². The van der Waals surface area contributed by atoms with Crippen molar-refractivity contribution in [2.75, 3.05) is 6.54 Å². The highest BCUT2D eigenvalue weighted by molar-refractivity contribution is 7.78. The summed E-state index contributed by atoms with van der Waals surface area (Å²) in [5.74, 6) is 3.34. The number of unbranched alkanes of at least 4 members (excludes halogenated alkanes) is 1. The van der Waals surface area contributed by atoms with E-state index in [1.807, 2.05) is 170 Å². The van der Waals surface area contributed by atoms with Crippen LogP contribution in [0.2, 0.25) is 0 Å². The molecule has 1 aliphatic heterocycles. The first-order chi connectivity index (χ1) is 26.2. The highest BCUT2D eigenvalue weighted by atomic mass is 31.3. The SMILES string of the molecule is NCCCCc1ccccc1OP1(Oc2ccccc2)=NP(Oc2ccccc2)N(Oc2ccccc2)P(Oc2ccccc2)N1Oc1ccccc1. The second kappa shape index (κ2) is 18.2. The fraction of sp³-hybridized carbons (Fsp3) is 0.100. The third-order valence-corrected chi connectivity index (χ3v) is 14.5. The molecule has 270 valence electrons. The first kappa shape index (κ1) is 36.4. The lowest BCUT2D eigenvalue weighted by atomic mass is 10.1. The van der Waals surface area contributed by atoms with E-state index in [-0.39, 0.29) is 0 Å². The van der Waals surface area contributed by atoms with E-state index in [1.165, 1.54) is 0 Å². The maximum atomic E-state index is 7.21. The van der Waals surface area contributed by atoms with E-state index in [1.54, 1.807) is 9.21 Å². The molecule has 0 aromatic heterocycles. The van der Waals surface area contributed by atoms with Crippen molar-refractivity contribution in [1.82, 2.24) is 9.21 Å². The van der Waals surface area contributed by atoms with Crippen molar-refractivity contribution in [1.29, 1.82) is 0 Å². The van der Waals surface area contributed by atoms with Crippen LogP contribution >= 0.6 is 24.6 Å². The van der Waals surface area contributed by atoms with Crippen molar-refractivity contribution >= 4 is 24.6 Å². The number of benzene rings is 6. The van der Waals surface area contributed by atoms with E-state index in [0.29, 0.717) is 41.0 Å². The average Bonchev–Trinajstić information content (AvgIpc) is 3.20. The van der Waals surface area contributed by atoms with Crippen LogP contribution in [0.4, 0.5) is 0 Å². The van der Waals surface area contributed by atoms with E-state index >= 15 is 0 Å². The lowest BCUT2D eigenvalue weighted by Gasteiger charge is -2.43. The minimum atomic E-state index is -3.81. The Morgan fingerprint density at radius 2 is 1.00 bits per heavy atom. The maximum Gasteiger partial charge on any atom is 0.447 e. The first-order valence-corrected chi connectivity index (χ1v) is 21.0. The van der Waals surface area contributed by atoms with E-state index < -0.39 is 24.6 Å². The van der Waals surface area contributed by atoms with Gasteiger partial charge in [0.2, 0.25) is 0 Å². The lowest BCUT2D eigenvalue weighted by Crippen LogP contribution is -2.37. The van der Waals surface area contributed by atoms with E-state index in [0.717, 1.165) is 24.8 Å². The van der Waals surface area contributed by atoms with E-state index in [9.17, 15) is 0 Å². The van der Waals surface area contributed by atoms with Gasteiger partial charge in [-0.25, -0.2) is 0 Å². The molecule has 3 atom stereocenters. The second-order valence-electron chi connectivity index (χ2n) is 11.6. The normalized spacial score (nSPS) is 18.7. The third kappa shape index (κ3) is 9.56. The number of hydrogen-bond donors (Lipinski definition) is 1. The smallest absolute Gasteiger partial charge is 0.440 e. The Hall–Kier alpha value is -4.91. The molecule has 53 heavy (non-hydrogen) atoms. The molecule has 1 aliphatic rings. The Kier molecular flexibility index (Phi) is 12.5. The molecule has 0 fully saturated rings. The van der Waals surface area contributed by atoms with Crippen LogP contribution in [0.1, 0.15) is 18.4 Å². The monoisotopic (exact) mass is 764 g/mol. The minimum Gasteiger partial charge on any atom is -0.440 e. The number of hydrogen-bond acceptors (Lipinski definition) is 10. The van der Waals surface area contributed by atoms with Gasteiger partial charge in [-0.3, -0.25) is 0 Å². The molecule has 0 aliphatic carbocycles. The van der Waals surface area contributed by atoms with Crippen molar-refractivity contribution in [3.63, 3.8) is 0 Å². The van der Waals surface area contributed by atoms with Crippen molar-refractivity contribution in [3.05, 3.63) is 181 Å². The predicted octanol–water partition coefficient (Wildman–Crippen LogP) is 11.6. The van der Waals surface area contributed by atoms with Crippen molar-refractivity contribution < 1.29 is 27.8 Å². The summed E-state index contributed by atoms with van der Waals surface area (Å²) in [5, 5.41) is 0. The van der Waals surface area contributed by atoms with Crippen molar-refractivity contribution in [2.24, 2.45) is 10.2 Å². The third-order valence-electron chi connectivity index (χ3n) is 7.62. The van der Waals surface area contributed by atoms with Crippen molar-refractivity contribution in [3.8, 4) is 34.5 Å². The van der Waals surface area contributed by atoms with Crippen LogP contribution in [0.5, 0.6) is 34.5 Å². The van der Waals surface area contributed by atoms with Gasteiger partial charge in [-0.15, -0.1) is 4.52 Å².